The Hall–Kier alpha value is 0.405. The molecule has 1 N–H and O–H groups in total. The highest BCUT2D eigenvalue weighted by molar-refractivity contribution is 5.86. The molecule has 0 amide bonds. The van der Waals surface area contributed by atoms with Crippen LogP contribution in [0.2, 0.25) is 0 Å². The van der Waals surface area contributed by atoms with Crippen molar-refractivity contribution in [3.63, 3.8) is 0 Å². The molecule has 0 rings (SSSR count). The lowest BCUT2D eigenvalue weighted by Crippen LogP contribution is -1.78. The molecule has 0 aliphatic carbocycles. The van der Waals surface area contributed by atoms with Crippen LogP contribution in [0.15, 0.2) is 0 Å². The molecule has 2 nitrogen and oxygen atoms in total. The zero-order valence-corrected chi connectivity index (χ0v) is 6.61. The summed E-state index contributed by atoms with van der Waals surface area (Å²) in [4.78, 5) is 9.00. The lowest BCUT2D eigenvalue weighted by Gasteiger charge is -1.59. The smallest absolute Gasteiger partial charge is 0.300 e. The number of carboxylic acids is 1. The van der Waals surface area contributed by atoms with E-state index in [1.807, 2.05) is 0 Å². The molecule has 0 saturated heterocycles. The Kier molecular flexibility index (Phi) is 130. The van der Waals surface area contributed by atoms with Crippen LogP contribution in [0.3, 0.4) is 0 Å². The molecule has 0 aliphatic rings. The van der Waals surface area contributed by atoms with E-state index in [-0.39, 0.29) is 45.6 Å². The molecule has 0 aromatic rings. The largest absolute Gasteiger partial charge is 0.481 e. The predicted molar refractivity (Wildman–Crippen MR) is 40.8 cm³/mol. The summed E-state index contributed by atoms with van der Waals surface area (Å²) in [6.45, 7) is 1.08. The first-order valence-corrected chi connectivity index (χ1v) is 0.928. The molecule has 0 saturated carbocycles. The van der Waals surface area contributed by atoms with Gasteiger partial charge in [-0.15, -0.1) is 37.2 Å². The standard InChI is InChI=1S/C2H4O2.B.3ClH/c1-2(3)4;;;;/h1H3,(H,3,4);;3*1H. The minimum absolute atomic E-state index is 0. The van der Waals surface area contributed by atoms with Crippen LogP contribution in [0.4, 0.5) is 0 Å². The highest BCUT2D eigenvalue weighted by Crippen LogP contribution is 1.42. The highest BCUT2D eigenvalue weighted by Gasteiger charge is 1.65. The lowest BCUT2D eigenvalue weighted by atomic mass is 10.8. The summed E-state index contributed by atoms with van der Waals surface area (Å²) in [6, 6.07) is 0. The van der Waals surface area contributed by atoms with Crippen molar-refractivity contribution >= 4 is 51.6 Å². The monoisotopic (exact) mass is 179 g/mol. The minimum Gasteiger partial charge on any atom is -0.481 e. The minimum atomic E-state index is -0.833. The van der Waals surface area contributed by atoms with Crippen molar-refractivity contribution in [2.24, 2.45) is 0 Å². The molecule has 0 aromatic heterocycles. The average Bonchev–Trinajstić information content (AvgIpc) is 0.811. The first-order valence-electron chi connectivity index (χ1n) is 0.928. The lowest BCUT2D eigenvalue weighted by molar-refractivity contribution is -0.134. The van der Waals surface area contributed by atoms with E-state index < -0.39 is 5.97 Å². The molecule has 0 spiro atoms. The number of halogens is 3. The van der Waals surface area contributed by atoms with Crippen LogP contribution in [0, 0.1) is 0 Å². The third-order valence-corrected chi connectivity index (χ3v) is 0. The van der Waals surface area contributed by atoms with Gasteiger partial charge in [-0.2, -0.15) is 0 Å². The van der Waals surface area contributed by atoms with Crippen molar-refractivity contribution in [1.82, 2.24) is 0 Å². The van der Waals surface area contributed by atoms with Crippen LogP contribution in [0.25, 0.3) is 0 Å². The van der Waals surface area contributed by atoms with E-state index in [0.29, 0.717) is 0 Å². The molecule has 0 atom stereocenters. The molecule has 0 bridgehead atoms. The van der Waals surface area contributed by atoms with Crippen LogP contribution in [-0.2, 0) is 4.79 Å². The first-order chi connectivity index (χ1) is 1.73. The number of aliphatic carboxylic acids is 1. The van der Waals surface area contributed by atoms with E-state index >= 15 is 0 Å². The number of rotatable bonds is 0. The Bertz CT molecular complexity index is 38.3. The Balaban J connectivity index is -0.00000000750. The number of carbonyl (C=O) groups is 1. The second-order valence-electron chi connectivity index (χ2n) is 0.519. The van der Waals surface area contributed by atoms with Crippen molar-refractivity contribution in [1.29, 1.82) is 0 Å². The first kappa shape index (κ1) is 39.8. The maximum atomic E-state index is 9.00. The second-order valence-corrected chi connectivity index (χ2v) is 0.519. The van der Waals surface area contributed by atoms with Gasteiger partial charge in [-0.05, 0) is 0 Å². The average molecular weight is 180 g/mol. The van der Waals surface area contributed by atoms with Gasteiger partial charge in [0.1, 0.15) is 0 Å². The zero-order valence-electron chi connectivity index (χ0n) is 4.16. The summed E-state index contributed by atoms with van der Waals surface area (Å²) in [5.41, 5.74) is 0. The maximum absolute atomic E-state index is 9.00. The third kappa shape index (κ3) is 1140. The van der Waals surface area contributed by atoms with Gasteiger partial charge in [0.05, 0.1) is 0 Å². The second kappa shape index (κ2) is 26.2. The van der Waals surface area contributed by atoms with E-state index in [1.165, 1.54) is 0 Å². The van der Waals surface area contributed by atoms with Gasteiger partial charge in [0, 0.05) is 15.3 Å². The van der Waals surface area contributed by atoms with Crippen LogP contribution >= 0.6 is 37.2 Å². The van der Waals surface area contributed by atoms with Crippen molar-refractivity contribution in [2.45, 2.75) is 6.92 Å². The summed E-state index contributed by atoms with van der Waals surface area (Å²) in [7, 11) is 0. The quantitative estimate of drug-likeness (QED) is 0.564. The van der Waals surface area contributed by atoms with E-state index in [2.05, 4.69) is 0 Å². The summed E-state index contributed by atoms with van der Waals surface area (Å²) in [6.07, 6.45) is 0. The van der Waals surface area contributed by atoms with Crippen LogP contribution < -0.4 is 0 Å². The van der Waals surface area contributed by atoms with Gasteiger partial charge in [0.15, 0.2) is 0 Å². The van der Waals surface area contributed by atoms with Crippen LogP contribution in [-0.4, -0.2) is 19.5 Å². The molecule has 0 heterocycles. The molecular formula is C2H7BCl3O2. The zero-order chi connectivity index (χ0) is 3.58. The fourth-order valence-electron chi connectivity index (χ4n) is 0. The molecule has 0 unspecified atom stereocenters. The number of carboxylic acid groups (broad SMARTS) is 1. The molecule has 0 fully saturated rings. The molecule has 0 aromatic carbocycles. The van der Waals surface area contributed by atoms with E-state index in [0.717, 1.165) is 6.92 Å². The Morgan fingerprint density at radius 1 is 1.25 bits per heavy atom. The third-order valence-electron chi connectivity index (χ3n) is 0. The van der Waals surface area contributed by atoms with Crippen LogP contribution in [0.1, 0.15) is 6.92 Å². The maximum Gasteiger partial charge on any atom is 0.300 e. The van der Waals surface area contributed by atoms with Gasteiger partial charge < -0.3 is 5.11 Å². The normalized spacial score (nSPS) is 3.12. The van der Waals surface area contributed by atoms with Crippen molar-refractivity contribution in [3.8, 4) is 0 Å². The predicted octanol–water partition coefficient (Wildman–Crippen LogP) is 0.975. The molecular weight excluding hydrogens is 173 g/mol. The van der Waals surface area contributed by atoms with E-state index in [4.69, 9.17) is 9.90 Å². The number of hydrogen-bond donors (Lipinski definition) is 1. The summed E-state index contributed by atoms with van der Waals surface area (Å²) < 4.78 is 0. The van der Waals surface area contributed by atoms with Gasteiger partial charge in [0.2, 0.25) is 0 Å². The highest BCUT2D eigenvalue weighted by atomic mass is 35.5. The molecule has 0 aliphatic heterocycles. The fourth-order valence-corrected chi connectivity index (χ4v) is 0. The van der Waals surface area contributed by atoms with Crippen molar-refractivity contribution in [2.75, 3.05) is 0 Å². The summed E-state index contributed by atoms with van der Waals surface area (Å²) in [5, 5.41) is 7.42. The van der Waals surface area contributed by atoms with E-state index in [9.17, 15) is 0 Å². The van der Waals surface area contributed by atoms with Gasteiger partial charge in [0.25, 0.3) is 5.97 Å². The molecule has 6 heteroatoms. The fraction of sp³-hybridized carbons (Fsp3) is 0.500. The molecule has 3 radical (unpaired) electrons. The Morgan fingerprint density at radius 3 is 1.25 bits per heavy atom. The molecule has 51 valence electrons. The van der Waals surface area contributed by atoms with Gasteiger partial charge >= 0.3 is 0 Å². The van der Waals surface area contributed by atoms with Crippen molar-refractivity contribution < 1.29 is 9.90 Å². The van der Waals surface area contributed by atoms with Gasteiger partial charge in [-0.25, -0.2) is 0 Å². The Labute approximate surface area is 68.8 Å². The topological polar surface area (TPSA) is 37.3 Å². The Morgan fingerprint density at radius 2 is 1.25 bits per heavy atom. The number of hydrogen-bond acceptors (Lipinski definition) is 1. The molecule has 8 heavy (non-hydrogen) atoms. The van der Waals surface area contributed by atoms with Gasteiger partial charge in [-0.1, -0.05) is 0 Å². The van der Waals surface area contributed by atoms with Crippen molar-refractivity contribution in [3.05, 3.63) is 0 Å². The SMILES string of the molecule is CC(=O)O.Cl.Cl.Cl.[B]. The summed E-state index contributed by atoms with van der Waals surface area (Å²) in [5.74, 6) is -0.833. The van der Waals surface area contributed by atoms with Crippen LogP contribution in [0.5, 0.6) is 0 Å². The van der Waals surface area contributed by atoms with E-state index in [1.54, 1.807) is 0 Å². The van der Waals surface area contributed by atoms with Gasteiger partial charge in [-0.3, -0.25) is 4.79 Å². The summed E-state index contributed by atoms with van der Waals surface area (Å²) >= 11 is 0.